The first kappa shape index (κ1) is 17.8. The van der Waals surface area contributed by atoms with Crippen molar-refractivity contribution in [3.8, 4) is 5.75 Å². The molecule has 0 radical (unpaired) electrons. The van der Waals surface area contributed by atoms with Crippen molar-refractivity contribution in [2.75, 3.05) is 19.6 Å². The Bertz CT molecular complexity index is 599. The summed E-state index contributed by atoms with van der Waals surface area (Å²) in [4.78, 5) is 6.75. The summed E-state index contributed by atoms with van der Waals surface area (Å²) >= 11 is 0. The van der Waals surface area contributed by atoms with E-state index in [1.807, 2.05) is 29.9 Å². The zero-order chi connectivity index (χ0) is 15.4. The molecule has 3 rings (SSSR count). The predicted octanol–water partition coefficient (Wildman–Crippen LogP) is 2.21. The monoisotopic (exact) mass is 336 g/mol. The van der Waals surface area contributed by atoms with E-state index in [0.717, 1.165) is 37.8 Å². The normalized spacial score (nSPS) is 18.4. The van der Waals surface area contributed by atoms with Crippen LogP contribution in [0.2, 0.25) is 0 Å². The number of benzene rings is 1. The smallest absolute Gasteiger partial charge is 0.146 e. The molecule has 0 unspecified atom stereocenters. The lowest BCUT2D eigenvalue weighted by Gasteiger charge is -2.31. The van der Waals surface area contributed by atoms with Crippen LogP contribution in [0.4, 0.5) is 0 Å². The third-order valence-electron chi connectivity index (χ3n) is 4.07. The average Bonchev–Trinajstić information content (AvgIpc) is 2.92. The summed E-state index contributed by atoms with van der Waals surface area (Å²) in [6.07, 6.45) is 3.71. The number of hydrogen-bond acceptors (Lipinski definition) is 4. The molecule has 5 nitrogen and oxygen atoms in total. The number of imidazole rings is 1. The van der Waals surface area contributed by atoms with Gasteiger partial charge in [0.05, 0.1) is 0 Å². The number of nitrogens with one attached hydrogen (secondary N) is 1. The number of aromatic nitrogens is 2. The number of ether oxygens (including phenoxy) is 1. The van der Waals surface area contributed by atoms with Crippen LogP contribution in [-0.4, -0.2) is 40.1 Å². The van der Waals surface area contributed by atoms with Crippen molar-refractivity contribution >= 4 is 12.4 Å². The average molecular weight is 337 g/mol. The first-order valence-corrected chi connectivity index (χ1v) is 7.84. The lowest BCUT2D eigenvalue weighted by atomic mass is 10.1. The van der Waals surface area contributed by atoms with Crippen molar-refractivity contribution in [3.05, 3.63) is 48.0 Å². The van der Waals surface area contributed by atoms with E-state index < -0.39 is 0 Å². The van der Waals surface area contributed by atoms with Gasteiger partial charge in [0.1, 0.15) is 18.2 Å². The van der Waals surface area contributed by atoms with Crippen molar-refractivity contribution < 1.29 is 4.74 Å². The van der Waals surface area contributed by atoms with Gasteiger partial charge in [-0.05, 0) is 24.6 Å². The molecule has 1 aromatic carbocycles. The number of halogens is 1. The predicted molar refractivity (Wildman–Crippen MR) is 94.0 cm³/mol. The van der Waals surface area contributed by atoms with Crippen molar-refractivity contribution in [2.24, 2.45) is 7.05 Å². The van der Waals surface area contributed by atoms with E-state index in [-0.39, 0.29) is 12.4 Å². The van der Waals surface area contributed by atoms with E-state index in [2.05, 4.69) is 34.3 Å². The quantitative estimate of drug-likeness (QED) is 0.909. The lowest BCUT2D eigenvalue weighted by molar-refractivity contribution is 0.199. The molecule has 2 heterocycles. The van der Waals surface area contributed by atoms with E-state index in [1.54, 1.807) is 6.20 Å². The second-order valence-corrected chi connectivity index (χ2v) is 5.98. The number of rotatable bonds is 5. The minimum Gasteiger partial charge on any atom is -0.486 e. The van der Waals surface area contributed by atoms with E-state index in [9.17, 15) is 0 Å². The lowest BCUT2D eigenvalue weighted by Crippen LogP contribution is -2.48. The summed E-state index contributed by atoms with van der Waals surface area (Å²) < 4.78 is 7.76. The fourth-order valence-corrected chi connectivity index (χ4v) is 2.79. The first-order valence-electron chi connectivity index (χ1n) is 7.84. The Kier molecular flexibility index (Phi) is 6.45. The first-order chi connectivity index (χ1) is 10.7. The summed E-state index contributed by atoms with van der Waals surface area (Å²) in [5.74, 6) is 1.82. The number of piperazine rings is 1. The summed E-state index contributed by atoms with van der Waals surface area (Å²) in [7, 11) is 1.98. The van der Waals surface area contributed by atoms with Gasteiger partial charge in [-0.1, -0.05) is 12.1 Å². The molecule has 0 amide bonds. The molecule has 0 aliphatic carbocycles. The zero-order valence-corrected chi connectivity index (χ0v) is 14.6. The number of nitrogens with zero attached hydrogens (tertiary/aromatic N) is 3. The summed E-state index contributed by atoms with van der Waals surface area (Å²) in [5.41, 5.74) is 1.33. The Morgan fingerprint density at radius 1 is 1.30 bits per heavy atom. The van der Waals surface area contributed by atoms with Crippen molar-refractivity contribution in [3.63, 3.8) is 0 Å². The Labute approximate surface area is 144 Å². The van der Waals surface area contributed by atoms with Crippen molar-refractivity contribution in [2.45, 2.75) is 26.1 Å². The van der Waals surface area contributed by atoms with Gasteiger partial charge in [-0.25, -0.2) is 4.98 Å². The third kappa shape index (κ3) is 4.96. The maximum Gasteiger partial charge on any atom is 0.146 e. The van der Waals surface area contributed by atoms with Crippen LogP contribution in [0.3, 0.4) is 0 Å². The highest BCUT2D eigenvalue weighted by molar-refractivity contribution is 5.85. The van der Waals surface area contributed by atoms with Crippen LogP contribution in [0, 0.1) is 0 Å². The van der Waals surface area contributed by atoms with Crippen molar-refractivity contribution in [1.82, 2.24) is 19.8 Å². The van der Waals surface area contributed by atoms with Crippen LogP contribution >= 0.6 is 12.4 Å². The molecule has 2 aromatic rings. The molecule has 0 spiro atoms. The minimum absolute atomic E-state index is 0. The van der Waals surface area contributed by atoms with Crippen LogP contribution in [0.5, 0.6) is 5.75 Å². The Morgan fingerprint density at radius 3 is 2.74 bits per heavy atom. The van der Waals surface area contributed by atoms with Crippen LogP contribution in [0.25, 0.3) is 0 Å². The van der Waals surface area contributed by atoms with Gasteiger partial charge < -0.3 is 14.6 Å². The molecule has 1 fully saturated rings. The molecule has 1 aromatic heterocycles. The fourth-order valence-electron chi connectivity index (χ4n) is 2.79. The van der Waals surface area contributed by atoms with Gasteiger partial charge in [0, 0.05) is 51.7 Å². The largest absolute Gasteiger partial charge is 0.486 e. The van der Waals surface area contributed by atoms with E-state index >= 15 is 0 Å². The van der Waals surface area contributed by atoms with Crippen LogP contribution < -0.4 is 10.1 Å². The molecule has 1 aliphatic heterocycles. The zero-order valence-electron chi connectivity index (χ0n) is 13.7. The molecular formula is C17H25ClN4O. The van der Waals surface area contributed by atoms with Crippen molar-refractivity contribution in [1.29, 1.82) is 0 Å². The Balaban J connectivity index is 0.00000192. The highest BCUT2D eigenvalue weighted by atomic mass is 35.5. The maximum absolute atomic E-state index is 5.79. The highest BCUT2D eigenvalue weighted by Gasteiger charge is 2.15. The second kappa shape index (κ2) is 8.34. The molecule has 1 N–H and O–H groups in total. The van der Waals surface area contributed by atoms with E-state index in [0.29, 0.717) is 12.6 Å². The van der Waals surface area contributed by atoms with Crippen LogP contribution in [0.15, 0.2) is 36.7 Å². The summed E-state index contributed by atoms with van der Waals surface area (Å²) in [5, 5.41) is 3.47. The molecule has 1 atom stereocenters. The number of aryl methyl sites for hydroxylation is 1. The summed E-state index contributed by atoms with van der Waals surface area (Å²) in [6, 6.07) is 8.98. The summed E-state index contributed by atoms with van der Waals surface area (Å²) in [6.45, 7) is 7.04. The number of hydrogen-bond donors (Lipinski definition) is 1. The molecule has 1 aliphatic rings. The highest BCUT2D eigenvalue weighted by Crippen LogP contribution is 2.15. The Morgan fingerprint density at radius 2 is 2.09 bits per heavy atom. The molecule has 0 saturated carbocycles. The van der Waals surface area contributed by atoms with Crippen LogP contribution in [0.1, 0.15) is 18.3 Å². The van der Waals surface area contributed by atoms with Gasteiger partial charge in [-0.2, -0.15) is 0 Å². The molecule has 1 saturated heterocycles. The Hall–Kier alpha value is -1.56. The second-order valence-electron chi connectivity index (χ2n) is 5.98. The van der Waals surface area contributed by atoms with Gasteiger partial charge in [-0.15, -0.1) is 12.4 Å². The molecule has 6 heteroatoms. The third-order valence-corrected chi connectivity index (χ3v) is 4.07. The molecular weight excluding hydrogens is 312 g/mol. The van der Waals surface area contributed by atoms with Gasteiger partial charge in [0.2, 0.25) is 0 Å². The topological polar surface area (TPSA) is 42.3 Å². The minimum atomic E-state index is 0. The van der Waals surface area contributed by atoms with E-state index in [4.69, 9.17) is 4.74 Å². The fraction of sp³-hybridized carbons (Fsp3) is 0.471. The molecule has 23 heavy (non-hydrogen) atoms. The van der Waals surface area contributed by atoms with E-state index in [1.165, 1.54) is 5.56 Å². The maximum atomic E-state index is 5.79. The van der Waals surface area contributed by atoms with Gasteiger partial charge >= 0.3 is 0 Å². The SMILES string of the molecule is C[C@@H]1CN(Cc2ccc(OCc3nccn3C)cc2)CCN1.Cl. The van der Waals surface area contributed by atoms with Crippen LogP contribution in [-0.2, 0) is 20.2 Å². The van der Waals surface area contributed by atoms with Gasteiger partial charge in [0.25, 0.3) is 0 Å². The van der Waals surface area contributed by atoms with Gasteiger partial charge in [-0.3, -0.25) is 4.90 Å². The standard InChI is InChI=1S/C17H24N4O.ClH/c1-14-11-21(10-8-18-14)12-15-3-5-16(6-4-15)22-13-17-19-7-9-20(17)2;/h3-7,9,14,18H,8,10-13H2,1-2H3;1H/t14-;/m1./s1. The molecule has 0 bridgehead atoms. The molecule has 126 valence electrons. The van der Waals surface area contributed by atoms with Gasteiger partial charge in [0.15, 0.2) is 0 Å².